The van der Waals surface area contributed by atoms with Crippen LogP contribution >= 0.6 is 0 Å². The summed E-state index contributed by atoms with van der Waals surface area (Å²) in [6, 6.07) is 10.6. The number of imidazole rings is 1. The fourth-order valence-electron chi connectivity index (χ4n) is 2.27. The molecule has 0 atom stereocenters. The molecule has 0 aliphatic rings. The number of aromatic nitrogens is 2. The number of fused-ring (bicyclic) bond motifs is 1. The van der Waals surface area contributed by atoms with E-state index in [1.165, 1.54) is 6.07 Å². The van der Waals surface area contributed by atoms with Crippen LogP contribution in [0.25, 0.3) is 5.65 Å². The van der Waals surface area contributed by atoms with Crippen molar-refractivity contribution in [3.05, 3.63) is 71.4 Å². The van der Waals surface area contributed by atoms with Gasteiger partial charge >= 0.3 is 0 Å². The van der Waals surface area contributed by atoms with Crippen LogP contribution in [-0.4, -0.2) is 14.5 Å². The van der Waals surface area contributed by atoms with Crippen LogP contribution in [0.3, 0.4) is 0 Å². The molecule has 0 fully saturated rings. The highest BCUT2D eigenvalue weighted by Gasteiger charge is 2.03. The maximum atomic E-state index is 13.3. The highest BCUT2D eigenvalue weighted by Crippen LogP contribution is 2.11. The van der Waals surface area contributed by atoms with Crippen molar-refractivity contribution in [2.24, 2.45) is 0 Å². The van der Waals surface area contributed by atoms with Gasteiger partial charge in [-0.05, 0) is 29.8 Å². The minimum atomic E-state index is -0.374. The van der Waals surface area contributed by atoms with E-state index in [9.17, 15) is 4.39 Å². The van der Waals surface area contributed by atoms with E-state index in [4.69, 9.17) is 5.11 Å². The Hall–Kier alpha value is -2.24. The van der Waals surface area contributed by atoms with E-state index in [0.717, 1.165) is 16.9 Å². The molecule has 5 heteroatoms. The molecule has 108 valence electrons. The minimum absolute atomic E-state index is 0.286. The van der Waals surface area contributed by atoms with Crippen molar-refractivity contribution in [1.82, 2.24) is 14.7 Å². The fourth-order valence-corrected chi connectivity index (χ4v) is 2.27. The summed E-state index contributed by atoms with van der Waals surface area (Å²) in [5.74, 6) is -0.374. The first-order valence-electron chi connectivity index (χ1n) is 6.78. The average Bonchev–Trinajstić information content (AvgIpc) is 2.91. The van der Waals surface area contributed by atoms with E-state index in [2.05, 4.69) is 10.3 Å². The van der Waals surface area contributed by atoms with E-state index >= 15 is 0 Å². The molecule has 0 saturated heterocycles. The van der Waals surface area contributed by atoms with Crippen LogP contribution < -0.4 is 5.32 Å². The molecule has 0 spiro atoms. The molecule has 21 heavy (non-hydrogen) atoms. The number of aliphatic hydroxyl groups excluding tert-OH is 1. The number of halogens is 1. The number of rotatable bonds is 5. The second kappa shape index (κ2) is 6.03. The summed E-state index contributed by atoms with van der Waals surface area (Å²) in [5.41, 5.74) is 3.12. The van der Waals surface area contributed by atoms with Gasteiger partial charge in [0.25, 0.3) is 0 Å². The number of hydrogen-bond acceptors (Lipinski definition) is 3. The Bertz CT molecular complexity index is 721. The number of nitrogens with one attached hydrogen (secondary N) is 1. The van der Waals surface area contributed by atoms with Crippen LogP contribution in [0.15, 0.2) is 48.8 Å². The van der Waals surface area contributed by atoms with Crippen molar-refractivity contribution in [2.45, 2.75) is 19.7 Å². The lowest BCUT2D eigenvalue weighted by atomic mass is 10.1. The number of aliphatic hydroxyl groups is 1. The summed E-state index contributed by atoms with van der Waals surface area (Å²) in [7, 11) is 0. The van der Waals surface area contributed by atoms with Gasteiger partial charge in [0.05, 0.1) is 12.3 Å². The lowest BCUT2D eigenvalue weighted by Gasteiger charge is -2.05. The zero-order chi connectivity index (χ0) is 14.7. The highest BCUT2D eigenvalue weighted by molar-refractivity contribution is 5.39. The summed E-state index contributed by atoms with van der Waals surface area (Å²) in [6.45, 7) is 0.945. The predicted molar refractivity (Wildman–Crippen MR) is 78.1 cm³/mol. The van der Waals surface area contributed by atoms with Crippen LogP contribution in [0.2, 0.25) is 0 Å². The van der Waals surface area contributed by atoms with Crippen molar-refractivity contribution in [3.8, 4) is 0 Å². The molecular formula is C16H16FN3O. The van der Waals surface area contributed by atoms with Gasteiger partial charge in [0.15, 0.2) is 0 Å². The second-order valence-electron chi connectivity index (χ2n) is 4.89. The van der Waals surface area contributed by atoms with Gasteiger partial charge in [-0.2, -0.15) is 0 Å². The molecule has 0 saturated carbocycles. The zero-order valence-corrected chi connectivity index (χ0v) is 11.5. The summed E-state index contributed by atoms with van der Waals surface area (Å²) in [6.07, 6.45) is 3.94. The number of benzene rings is 1. The first kappa shape index (κ1) is 13.7. The Morgan fingerprint density at radius 2 is 2.10 bits per heavy atom. The maximum Gasteiger partial charge on any atom is 0.137 e. The highest BCUT2D eigenvalue weighted by atomic mass is 19.1. The van der Waals surface area contributed by atoms with Gasteiger partial charge in [0, 0.05) is 31.0 Å². The third-order valence-electron chi connectivity index (χ3n) is 3.33. The summed E-state index contributed by atoms with van der Waals surface area (Å²) >= 11 is 0. The Balaban J connectivity index is 1.63. The first-order valence-corrected chi connectivity index (χ1v) is 6.78. The number of nitrogens with zero attached hydrogens (tertiary/aromatic N) is 2. The smallest absolute Gasteiger partial charge is 0.137 e. The van der Waals surface area contributed by atoms with Gasteiger partial charge in [0.1, 0.15) is 11.5 Å². The molecule has 2 N–H and O–H groups in total. The Morgan fingerprint density at radius 1 is 1.19 bits per heavy atom. The van der Waals surface area contributed by atoms with E-state index in [0.29, 0.717) is 18.7 Å². The van der Waals surface area contributed by atoms with Gasteiger partial charge in [-0.25, -0.2) is 9.37 Å². The van der Waals surface area contributed by atoms with E-state index in [1.807, 2.05) is 35.0 Å². The lowest BCUT2D eigenvalue weighted by molar-refractivity contribution is 0.275. The third kappa shape index (κ3) is 3.09. The Morgan fingerprint density at radius 3 is 2.90 bits per heavy atom. The van der Waals surface area contributed by atoms with Gasteiger partial charge in [-0.3, -0.25) is 0 Å². The van der Waals surface area contributed by atoms with Crippen LogP contribution in [0.4, 0.5) is 4.39 Å². The lowest BCUT2D eigenvalue weighted by Crippen LogP contribution is -2.13. The van der Waals surface area contributed by atoms with Crippen molar-refractivity contribution in [2.75, 3.05) is 0 Å². The largest absolute Gasteiger partial charge is 0.392 e. The van der Waals surface area contributed by atoms with Gasteiger partial charge in [-0.15, -0.1) is 0 Å². The number of pyridine rings is 1. The summed E-state index contributed by atoms with van der Waals surface area (Å²) < 4.78 is 15.3. The topological polar surface area (TPSA) is 49.6 Å². The molecule has 3 aromatic rings. The molecule has 0 aliphatic carbocycles. The van der Waals surface area contributed by atoms with Crippen molar-refractivity contribution >= 4 is 5.65 Å². The molecule has 2 heterocycles. The van der Waals surface area contributed by atoms with E-state index in [1.54, 1.807) is 12.1 Å². The predicted octanol–water partition coefficient (Wildman–Crippen LogP) is 2.26. The Kier molecular flexibility index (Phi) is 3.94. The van der Waals surface area contributed by atoms with Crippen LogP contribution in [0.1, 0.15) is 16.8 Å². The molecule has 0 amide bonds. The first-order chi connectivity index (χ1) is 10.3. The quantitative estimate of drug-likeness (QED) is 0.756. The molecule has 1 aromatic carbocycles. The summed E-state index contributed by atoms with van der Waals surface area (Å²) in [4.78, 5) is 4.49. The average molecular weight is 285 g/mol. The zero-order valence-electron chi connectivity index (χ0n) is 11.5. The SMILES string of the molecule is OCc1cc(CNCc2cn3ccccc3n2)ccc1F. The molecule has 3 rings (SSSR count). The van der Waals surface area contributed by atoms with E-state index < -0.39 is 0 Å². The van der Waals surface area contributed by atoms with Crippen molar-refractivity contribution in [1.29, 1.82) is 0 Å². The number of hydrogen-bond donors (Lipinski definition) is 2. The minimum Gasteiger partial charge on any atom is -0.392 e. The molecule has 0 radical (unpaired) electrons. The van der Waals surface area contributed by atoms with Gasteiger partial charge in [0.2, 0.25) is 0 Å². The standard InChI is InChI=1S/C16H16FN3O/c17-15-5-4-12(7-13(15)11-21)8-18-9-14-10-20-6-2-1-3-16(20)19-14/h1-7,10,18,21H,8-9,11H2. The third-order valence-corrected chi connectivity index (χ3v) is 3.33. The molecule has 0 unspecified atom stereocenters. The molecule has 2 aromatic heterocycles. The molecule has 0 aliphatic heterocycles. The van der Waals surface area contributed by atoms with Crippen LogP contribution in [0.5, 0.6) is 0 Å². The second-order valence-corrected chi connectivity index (χ2v) is 4.89. The van der Waals surface area contributed by atoms with Crippen LogP contribution in [-0.2, 0) is 19.7 Å². The summed E-state index contributed by atoms with van der Waals surface area (Å²) in [5, 5.41) is 12.3. The molecular weight excluding hydrogens is 269 g/mol. The monoisotopic (exact) mass is 285 g/mol. The van der Waals surface area contributed by atoms with Crippen LogP contribution in [0, 0.1) is 5.82 Å². The molecule has 4 nitrogen and oxygen atoms in total. The van der Waals surface area contributed by atoms with Crippen molar-refractivity contribution in [3.63, 3.8) is 0 Å². The maximum absolute atomic E-state index is 13.3. The van der Waals surface area contributed by atoms with E-state index in [-0.39, 0.29) is 12.4 Å². The Labute approximate surface area is 121 Å². The van der Waals surface area contributed by atoms with Gasteiger partial charge in [-0.1, -0.05) is 12.1 Å². The fraction of sp³-hybridized carbons (Fsp3) is 0.188. The molecule has 0 bridgehead atoms. The van der Waals surface area contributed by atoms with Crippen molar-refractivity contribution < 1.29 is 9.50 Å². The normalized spacial score (nSPS) is 11.1. The van der Waals surface area contributed by atoms with Gasteiger partial charge < -0.3 is 14.8 Å².